The summed E-state index contributed by atoms with van der Waals surface area (Å²) in [6, 6.07) is 0.810. The lowest BCUT2D eigenvalue weighted by molar-refractivity contribution is -0.119. The fourth-order valence-corrected chi connectivity index (χ4v) is 3.93. The van der Waals surface area contributed by atoms with Crippen LogP contribution >= 0.6 is 0 Å². The molecule has 3 saturated carbocycles. The molecular weight excluding hydrogens is 170 g/mol. The topological polar surface area (TPSA) is 12.0 Å². The molecule has 82 valence electrons. The lowest BCUT2D eigenvalue weighted by Crippen LogP contribution is -2.61. The van der Waals surface area contributed by atoms with Crippen LogP contribution in [0.5, 0.6) is 0 Å². The Morgan fingerprint density at radius 2 is 1.93 bits per heavy atom. The molecule has 0 aromatic carbocycles. The van der Waals surface area contributed by atoms with Crippen molar-refractivity contribution in [3.63, 3.8) is 0 Å². The highest BCUT2D eigenvalue weighted by atomic mass is 14.9. The van der Waals surface area contributed by atoms with E-state index in [1.165, 1.54) is 25.8 Å². The Balaban J connectivity index is 1.99. The van der Waals surface area contributed by atoms with E-state index in [0.29, 0.717) is 5.41 Å². The smallest absolute Gasteiger partial charge is 0.0103 e. The van der Waals surface area contributed by atoms with Gasteiger partial charge in [0.25, 0.3) is 0 Å². The van der Waals surface area contributed by atoms with Gasteiger partial charge in [0.05, 0.1) is 0 Å². The predicted octanol–water partition coefficient (Wildman–Crippen LogP) is 3.06. The molecule has 0 amide bonds. The van der Waals surface area contributed by atoms with Gasteiger partial charge in [-0.2, -0.15) is 0 Å². The van der Waals surface area contributed by atoms with Crippen LogP contribution in [0.25, 0.3) is 0 Å². The highest BCUT2D eigenvalue weighted by Gasteiger charge is 2.56. The molecule has 2 bridgehead atoms. The van der Waals surface area contributed by atoms with E-state index in [1.54, 1.807) is 0 Å². The zero-order chi connectivity index (χ0) is 10.3. The SMILES string of the molecule is CCCN[C@@H]1C[C@H](C)[C@@H]2C[C@@H]1C2(C)C. The first-order valence-corrected chi connectivity index (χ1v) is 6.30. The minimum atomic E-state index is 0.614. The molecule has 0 aliphatic heterocycles. The second-order valence-corrected chi connectivity index (χ2v) is 6.04. The molecule has 4 atom stereocenters. The largest absolute Gasteiger partial charge is 0.314 e. The maximum Gasteiger partial charge on any atom is 0.0103 e. The van der Waals surface area contributed by atoms with Gasteiger partial charge in [0.1, 0.15) is 0 Å². The van der Waals surface area contributed by atoms with Crippen LogP contribution in [0.15, 0.2) is 0 Å². The van der Waals surface area contributed by atoms with Gasteiger partial charge in [-0.05, 0) is 49.0 Å². The third kappa shape index (κ3) is 1.41. The standard InChI is InChI=1S/C13H25N/c1-5-6-14-12-7-9(2)10-8-11(12)13(10,3)4/h9-12,14H,5-8H2,1-4H3/t9-,10-,11-,12+/m0/s1. The number of nitrogens with one attached hydrogen (secondary N) is 1. The van der Waals surface area contributed by atoms with Crippen LogP contribution in [0.4, 0.5) is 0 Å². The summed E-state index contributed by atoms with van der Waals surface area (Å²) in [6.07, 6.45) is 4.16. The van der Waals surface area contributed by atoms with E-state index in [1.807, 2.05) is 0 Å². The maximum absolute atomic E-state index is 3.74. The highest BCUT2D eigenvalue weighted by molar-refractivity contribution is 5.08. The maximum atomic E-state index is 3.74. The summed E-state index contributed by atoms with van der Waals surface area (Å²) in [4.78, 5) is 0. The van der Waals surface area contributed by atoms with E-state index in [-0.39, 0.29) is 0 Å². The lowest BCUT2D eigenvalue weighted by atomic mass is 9.44. The summed E-state index contributed by atoms with van der Waals surface area (Å²) in [5.74, 6) is 2.90. The fraction of sp³-hybridized carbons (Fsp3) is 1.00. The van der Waals surface area contributed by atoms with Crippen LogP contribution < -0.4 is 5.32 Å². The molecule has 14 heavy (non-hydrogen) atoms. The van der Waals surface area contributed by atoms with Crippen LogP contribution in [0.1, 0.15) is 47.0 Å². The Morgan fingerprint density at radius 1 is 1.21 bits per heavy atom. The van der Waals surface area contributed by atoms with Gasteiger partial charge in [0.15, 0.2) is 0 Å². The molecule has 0 saturated heterocycles. The van der Waals surface area contributed by atoms with Gasteiger partial charge < -0.3 is 5.32 Å². The van der Waals surface area contributed by atoms with Crippen LogP contribution in [0.3, 0.4) is 0 Å². The van der Waals surface area contributed by atoms with Crippen molar-refractivity contribution in [2.75, 3.05) is 6.54 Å². The summed E-state index contributed by atoms with van der Waals surface area (Å²) in [5.41, 5.74) is 0.614. The predicted molar refractivity (Wildman–Crippen MR) is 61.2 cm³/mol. The number of rotatable bonds is 3. The number of hydrogen-bond donors (Lipinski definition) is 1. The van der Waals surface area contributed by atoms with E-state index in [4.69, 9.17) is 0 Å². The van der Waals surface area contributed by atoms with Gasteiger partial charge in [0, 0.05) is 6.04 Å². The average Bonchev–Trinajstić information content (AvgIpc) is 2.13. The monoisotopic (exact) mass is 195 g/mol. The van der Waals surface area contributed by atoms with Crippen LogP contribution in [-0.4, -0.2) is 12.6 Å². The molecule has 1 nitrogen and oxygen atoms in total. The van der Waals surface area contributed by atoms with Gasteiger partial charge in [-0.15, -0.1) is 0 Å². The molecule has 0 heterocycles. The third-order valence-corrected chi connectivity index (χ3v) is 4.87. The summed E-state index contributed by atoms with van der Waals surface area (Å²) in [6.45, 7) is 10.9. The summed E-state index contributed by atoms with van der Waals surface area (Å²) in [5, 5.41) is 3.74. The molecule has 3 aliphatic carbocycles. The lowest BCUT2D eigenvalue weighted by Gasteiger charge is -2.63. The summed E-state index contributed by atoms with van der Waals surface area (Å²) < 4.78 is 0. The minimum absolute atomic E-state index is 0.614. The van der Waals surface area contributed by atoms with E-state index in [9.17, 15) is 0 Å². The molecule has 1 N–H and O–H groups in total. The van der Waals surface area contributed by atoms with Crippen molar-refractivity contribution >= 4 is 0 Å². The van der Waals surface area contributed by atoms with Crippen LogP contribution in [0, 0.1) is 23.2 Å². The van der Waals surface area contributed by atoms with Crippen molar-refractivity contribution in [2.45, 2.75) is 53.0 Å². The second kappa shape index (κ2) is 3.52. The second-order valence-electron chi connectivity index (χ2n) is 6.04. The molecule has 0 radical (unpaired) electrons. The molecule has 0 aromatic heterocycles. The Bertz CT molecular complexity index is 209. The minimum Gasteiger partial charge on any atom is -0.314 e. The van der Waals surface area contributed by atoms with Crippen molar-refractivity contribution < 1.29 is 0 Å². The molecular formula is C13H25N. The Kier molecular flexibility index (Phi) is 2.63. The first-order chi connectivity index (χ1) is 6.57. The molecule has 0 spiro atoms. The van der Waals surface area contributed by atoms with Crippen LogP contribution in [-0.2, 0) is 0 Å². The first kappa shape index (κ1) is 10.5. The number of hydrogen-bond acceptors (Lipinski definition) is 1. The fourth-order valence-electron chi connectivity index (χ4n) is 3.93. The molecule has 0 unspecified atom stereocenters. The Hall–Kier alpha value is -0.0400. The van der Waals surface area contributed by atoms with Gasteiger partial charge in [-0.1, -0.05) is 27.7 Å². The van der Waals surface area contributed by atoms with Crippen molar-refractivity contribution in [3.8, 4) is 0 Å². The van der Waals surface area contributed by atoms with Crippen molar-refractivity contribution in [1.82, 2.24) is 5.32 Å². The molecule has 3 rings (SSSR count). The molecule has 3 aliphatic rings. The van der Waals surface area contributed by atoms with Gasteiger partial charge >= 0.3 is 0 Å². The van der Waals surface area contributed by atoms with E-state index in [2.05, 4.69) is 33.0 Å². The Morgan fingerprint density at radius 3 is 2.43 bits per heavy atom. The van der Waals surface area contributed by atoms with Crippen molar-refractivity contribution in [1.29, 1.82) is 0 Å². The zero-order valence-corrected chi connectivity index (χ0v) is 10.1. The van der Waals surface area contributed by atoms with Gasteiger partial charge in [-0.3, -0.25) is 0 Å². The summed E-state index contributed by atoms with van der Waals surface area (Å²) in [7, 11) is 0. The highest BCUT2D eigenvalue weighted by Crippen LogP contribution is 2.61. The van der Waals surface area contributed by atoms with Gasteiger partial charge in [-0.25, -0.2) is 0 Å². The van der Waals surface area contributed by atoms with Crippen molar-refractivity contribution in [3.05, 3.63) is 0 Å². The molecule has 0 aromatic rings. The van der Waals surface area contributed by atoms with E-state index < -0.39 is 0 Å². The van der Waals surface area contributed by atoms with Crippen molar-refractivity contribution in [2.24, 2.45) is 23.2 Å². The third-order valence-electron chi connectivity index (χ3n) is 4.87. The molecule has 1 heteroatoms. The van der Waals surface area contributed by atoms with E-state index in [0.717, 1.165) is 23.8 Å². The quantitative estimate of drug-likeness (QED) is 0.730. The van der Waals surface area contributed by atoms with Gasteiger partial charge in [0.2, 0.25) is 0 Å². The Labute approximate surface area is 88.7 Å². The normalized spacial score (nSPS) is 44.6. The molecule has 3 fully saturated rings. The zero-order valence-electron chi connectivity index (χ0n) is 10.1. The van der Waals surface area contributed by atoms with Crippen LogP contribution in [0.2, 0.25) is 0 Å². The average molecular weight is 195 g/mol. The summed E-state index contributed by atoms with van der Waals surface area (Å²) >= 11 is 0. The first-order valence-electron chi connectivity index (χ1n) is 6.30. The van der Waals surface area contributed by atoms with E-state index >= 15 is 0 Å². The number of fused-ring (bicyclic) bond motifs is 2.